The standard InChI is InChI=1S/C24H22FN3O2S/c1-14-6-4-8-20(26-14)27-22(17-9-11-18(25)12-10-17)21-15(2)16(3)31-24(21)28-23(29)19-7-5-13-30-19/h4-13,22H,1-3H3,(H,26,27)(H,28,29)/t22-/m0/s1. The van der Waals surface area contributed by atoms with E-state index in [2.05, 4.69) is 15.6 Å². The number of amides is 1. The fourth-order valence-electron chi connectivity index (χ4n) is 3.41. The molecular weight excluding hydrogens is 413 g/mol. The molecule has 1 amide bonds. The van der Waals surface area contributed by atoms with Crippen LogP contribution in [0.5, 0.6) is 0 Å². The summed E-state index contributed by atoms with van der Waals surface area (Å²) in [5.74, 6) is 0.307. The number of carbonyl (C=O) groups is 1. The van der Waals surface area contributed by atoms with Gasteiger partial charge in [0.15, 0.2) is 5.76 Å². The van der Waals surface area contributed by atoms with Gasteiger partial charge < -0.3 is 15.1 Å². The highest BCUT2D eigenvalue weighted by Crippen LogP contribution is 2.41. The van der Waals surface area contributed by atoms with Crippen molar-refractivity contribution in [1.82, 2.24) is 4.98 Å². The van der Waals surface area contributed by atoms with Crippen LogP contribution in [0.4, 0.5) is 15.2 Å². The molecule has 158 valence electrons. The Bertz CT molecular complexity index is 1200. The number of aromatic nitrogens is 1. The van der Waals surface area contributed by atoms with Crippen molar-refractivity contribution in [2.75, 3.05) is 10.6 Å². The van der Waals surface area contributed by atoms with E-state index in [-0.39, 0.29) is 23.5 Å². The molecule has 0 bridgehead atoms. The van der Waals surface area contributed by atoms with E-state index in [1.165, 1.54) is 29.7 Å². The van der Waals surface area contributed by atoms with Gasteiger partial charge in [-0.25, -0.2) is 9.37 Å². The van der Waals surface area contributed by atoms with E-state index >= 15 is 0 Å². The molecular formula is C24H22FN3O2S. The molecule has 1 atom stereocenters. The van der Waals surface area contributed by atoms with Crippen LogP contribution < -0.4 is 10.6 Å². The van der Waals surface area contributed by atoms with Crippen LogP contribution in [0, 0.1) is 26.6 Å². The summed E-state index contributed by atoms with van der Waals surface area (Å²) in [4.78, 5) is 18.3. The highest BCUT2D eigenvalue weighted by Gasteiger charge is 2.25. The average molecular weight is 436 g/mol. The second-order valence-electron chi connectivity index (χ2n) is 7.25. The minimum atomic E-state index is -0.341. The third kappa shape index (κ3) is 4.51. The Balaban J connectivity index is 1.78. The number of halogens is 1. The molecule has 0 fully saturated rings. The zero-order valence-electron chi connectivity index (χ0n) is 17.4. The summed E-state index contributed by atoms with van der Waals surface area (Å²) in [7, 11) is 0. The summed E-state index contributed by atoms with van der Waals surface area (Å²) in [5, 5.41) is 7.17. The number of thiophene rings is 1. The Morgan fingerprint density at radius 1 is 1.06 bits per heavy atom. The SMILES string of the molecule is Cc1cccc(N[C@@H](c2ccc(F)cc2)c2c(NC(=O)c3ccco3)sc(C)c2C)n1. The van der Waals surface area contributed by atoms with Crippen molar-refractivity contribution in [3.8, 4) is 0 Å². The number of benzene rings is 1. The van der Waals surface area contributed by atoms with Gasteiger partial charge in [-0.2, -0.15) is 0 Å². The largest absolute Gasteiger partial charge is 0.459 e. The number of hydrogen-bond donors (Lipinski definition) is 2. The first-order valence-electron chi connectivity index (χ1n) is 9.83. The van der Waals surface area contributed by atoms with Crippen molar-refractivity contribution in [3.63, 3.8) is 0 Å². The number of hydrogen-bond acceptors (Lipinski definition) is 5. The summed E-state index contributed by atoms with van der Waals surface area (Å²) in [6.45, 7) is 5.96. The Hall–Kier alpha value is -3.45. The van der Waals surface area contributed by atoms with Crippen molar-refractivity contribution >= 4 is 28.1 Å². The van der Waals surface area contributed by atoms with Gasteiger partial charge in [-0.05, 0) is 68.3 Å². The van der Waals surface area contributed by atoms with Crippen LogP contribution in [-0.2, 0) is 0 Å². The molecule has 1 aromatic carbocycles. The van der Waals surface area contributed by atoms with Crippen molar-refractivity contribution in [3.05, 3.63) is 99.7 Å². The van der Waals surface area contributed by atoms with Gasteiger partial charge in [0.25, 0.3) is 5.91 Å². The number of aryl methyl sites for hydroxylation is 2. The number of nitrogens with zero attached hydrogens (tertiary/aromatic N) is 1. The molecule has 0 saturated heterocycles. The van der Waals surface area contributed by atoms with Crippen molar-refractivity contribution in [2.45, 2.75) is 26.8 Å². The molecule has 0 aliphatic heterocycles. The lowest BCUT2D eigenvalue weighted by Crippen LogP contribution is -2.18. The molecule has 0 radical (unpaired) electrons. The fraction of sp³-hybridized carbons (Fsp3) is 0.167. The minimum Gasteiger partial charge on any atom is -0.459 e. The first-order chi connectivity index (χ1) is 14.9. The van der Waals surface area contributed by atoms with Crippen molar-refractivity contribution in [1.29, 1.82) is 0 Å². The van der Waals surface area contributed by atoms with Crippen LogP contribution in [0.15, 0.2) is 65.3 Å². The van der Waals surface area contributed by atoms with Gasteiger partial charge in [0.2, 0.25) is 0 Å². The number of anilines is 2. The topological polar surface area (TPSA) is 67.2 Å². The second kappa shape index (κ2) is 8.73. The molecule has 0 aliphatic rings. The summed E-state index contributed by atoms with van der Waals surface area (Å²) >= 11 is 1.50. The lowest BCUT2D eigenvalue weighted by Gasteiger charge is -2.22. The molecule has 0 saturated carbocycles. The summed E-state index contributed by atoms with van der Waals surface area (Å²) in [5.41, 5.74) is 3.71. The quantitative estimate of drug-likeness (QED) is 0.375. The van der Waals surface area contributed by atoms with Crippen molar-refractivity contribution < 1.29 is 13.6 Å². The Morgan fingerprint density at radius 2 is 1.84 bits per heavy atom. The third-order valence-electron chi connectivity index (χ3n) is 5.08. The van der Waals surface area contributed by atoms with Crippen LogP contribution >= 0.6 is 11.3 Å². The maximum atomic E-state index is 13.6. The first-order valence-corrected chi connectivity index (χ1v) is 10.6. The smallest absolute Gasteiger partial charge is 0.291 e. The van der Waals surface area contributed by atoms with E-state index in [1.807, 2.05) is 39.0 Å². The molecule has 31 heavy (non-hydrogen) atoms. The highest BCUT2D eigenvalue weighted by molar-refractivity contribution is 7.16. The predicted molar refractivity (Wildman–Crippen MR) is 121 cm³/mol. The number of pyridine rings is 1. The Kier molecular flexibility index (Phi) is 5.86. The van der Waals surface area contributed by atoms with Crippen LogP contribution in [0.25, 0.3) is 0 Å². The molecule has 4 rings (SSSR count). The zero-order valence-corrected chi connectivity index (χ0v) is 18.2. The predicted octanol–water partition coefficient (Wildman–Crippen LogP) is 6.25. The van der Waals surface area contributed by atoms with Crippen LogP contribution in [-0.4, -0.2) is 10.9 Å². The van der Waals surface area contributed by atoms with Gasteiger partial charge in [-0.1, -0.05) is 18.2 Å². The third-order valence-corrected chi connectivity index (χ3v) is 6.21. The molecule has 4 aromatic rings. The van der Waals surface area contributed by atoms with Gasteiger partial charge in [-0.15, -0.1) is 11.3 Å². The number of rotatable bonds is 6. The number of nitrogens with one attached hydrogen (secondary N) is 2. The normalized spacial score (nSPS) is 11.9. The molecule has 5 nitrogen and oxygen atoms in total. The van der Waals surface area contributed by atoms with Gasteiger partial charge >= 0.3 is 0 Å². The molecule has 3 heterocycles. The van der Waals surface area contributed by atoms with Crippen LogP contribution in [0.1, 0.15) is 43.9 Å². The highest BCUT2D eigenvalue weighted by atomic mass is 32.1. The molecule has 0 spiro atoms. The van der Waals surface area contributed by atoms with Crippen LogP contribution in [0.2, 0.25) is 0 Å². The van der Waals surface area contributed by atoms with Gasteiger partial charge in [0.05, 0.1) is 12.3 Å². The molecule has 2 N–H and O–H groups in total. The maximum absolute atomic E-state index is 13.6. The minimum absolute atomic E-state index is 0.237. The second-order valence-corrected chi connectivity index (χ2v) is 8.48. The van der Waals surface area contributed by atoms with E-state index in [0.29, 0.717) is 10.8 Å². The molecule has 3 aromatic heterocycles. The maximum Gasteiger partial charge on any atom is 0.291 e. The summed E-state index contributed by atoms with van der Waals surface area (Å²) < 4.78 is 18.9. The Labute approximate surface area is 184 Å². The molecule has 7 heteroatoms. The lowest BCUT2D eigenvalue weighted by molar-refractivity contribution is 0.0997. The molecule has 0 aliphatic carbocycles. The van der Waals surface area contributed by atoms with Gasteiger partial charge in [0.1, 0.15) is 16.6 Å². The fourth-order valence-corrected chi connectivity index (χ4v) is 4.50. The lowest BCUT2D eigenvalue weighted by atomic mass is 9.96. The van der Waals surface area contributed by atoms with E-state index in [1.54, 1.807) is 24.3 Å². The van der Waals surface area contributed by atoms with Crippen molar-refractivity contribution in [2.24, 2.45) is 0 Å². The van der Waals surface area contributed by atoms with Gasteiger partial charge in [0, 0.05) is 16.1 Å². The zero-order chi connectivity index (χ0) is 22.0. The van der Waals surface area contributed by atoms with E-state index < -0.39 is 0 Å². The molecule has 0 unspecified atom stereocenters. The first kappa shape index (κ1) is 20.8. The monoisotopic (exact) mass is 435 g/mol. The van der Waals surface area contributed by atoms with Gasteiger partial charge in [-0.3, -0.25) is 4.79 Å². The Morgan fingerprint density at radius 3 is 2.52 bits per heavy atom. The van der Waals surface area contributed by atoms with Crippen LogP contribution in [0.3, 0.4) is 0 Å². The number of carbonyl (C=O) groups excluding carboxylic acids is 1. The van der Waals surface area contributed by atoms with E-state index in [4.69, 9.17) is 4.42 Å². The van der Waals surface area contributed by atoms with E-state index in [0.717, 1.165) is 27.3 Å². The van der Waals surface area contributed by atoms with E-state index in [9.17, 15) is 9.18 Å². The summed E-state index contributed by atoms with van der Waals surface area (Å²) in [6.07, 6.45) is 1.47. The summed E-state index contributed by atoms with van der Waals surface area (Å²) in [6, 6.07) is 15.0. The number of furan rings is 1. The average Bonchev–Trinajstić information content (AvgIpc) is 3.37.